The van der Waals surface area contributed by atoms with Gasteiger partial charge in [0, 0.05) is 18.8 Å². The average molecular weight is 480 g/mol. The minimum absolute atomic E-state index is 0.146. The molecule has 8 heteroatoms. The number of benzene rings is 3. The van der Waals surface area contributed by atoms with E-state index in [1.807, 2.05) is 37.3 Å². The van der Waals surface area contributed by atoms with Crippen LogP contribution in [0.4, 0.5) is 5.69 Å². The third-order valence-electron chi connectivity index (χ3n) is 5.21. The molecular weight excluding hydrogens is 454 g/mol. The summed E-state index contributed by atoms with van der Waals surface area (Å²) in [7, 11) is -3.84. The van der Waals surface area contributed by atoms with Crippen molar-refractivity contribution in [2.24, 2.45) is 4.99 Å². The summed E-state index contributed by atoms with van der Waals surface area (Å²) in [6.07, 6.45) is 0. The normalized spacial score (nSPS) is 13.4. The molecule has 3 aromatic rings. The maximum Gasteiger partial charge on any atom is 0.261 e. The van der Waals surface area contributed by atoms with E-state index in [2.05, 4.69) is 9.71 Å². The van der Waals surface area contributed by atoms with E-state index in [0.29, 0.717) is 18.7 Å². The second kappa shape index (κ2) is 10.2. The number of nitrogens with one attached hydrogen (secondary N) is 1. The number of carbonyl (C=O) groups excluding carboxylic acids is 1. The van der Waals surface area contributed by atoms with Crippen LogP contribution in [0.1, 0.15) is 21.5 Å². The molecule has 0 fully saturated rings. The zero-order chi connectivity index (χ0) is 23.3. The summed E-state index contributed by atoms with van der Waals surface area (Å²) in [5, 5.41) is 0.914. The smallest absolute Gasteiger partial charge is 0.261 e. The number of aliphatic imine (C=N–C) groups is 1. The molecule has 1 aliphatic heterocycles. The number of aryl methyl sites for hydroxylation is 1. The van der Waals surface area contributed by atoms with Crippen LogP contribution in [-0.2, 0) is 16.6 Å². The molecule has 1 N–H and O–H groups in total. The molecule has 0 unspecified atom stereocenters. The fourth-order valence-electron chi connectivity index (χ4n) is 3.49. The minimum atomic E-state index is -3.84. The van der Waals surface area contributed by atoms with Crippen molar-refractivity contribution in [3.05, 3.63) is 95.6 Å². The van der Waals surface area contributed by atoms with E-state index in [0.717, 1.165) is 28.5 Å². The van der Waals surface area contributed by atoms with Crippen molar-refractivity contribution in [3.8, 4) is 0 Å². The Labute approximate surface area is 198 Å². The van der Waals surface area contributed by atoms with Crippen molar-refractivity contribution in [1.29, 1.82) is 0 Å². The molecule has 1 aliphatic rings. The van der Waals surface area contributed by atoms with Gasteiger partial charge in [-0.15, -0.1) is 11.8 Å². The molecule has 6 nitrogen and oxygen atoms in total. The number of hydrogen-bond acceptors (Lipinski definition) is 5. The van der Waals surface area contributed by atoms with E-state index < -0.39 is 10.0 Å². The Morgan fingerprint density at radius 1 is 0.970 bits per heavy atom. The van der Waals surface area contributed by atoms with Gasteiger partial charge in [0.05, 0.1) is 27.7 Å². The Balaban J connectivity index is 1.63. The van der Waals surface area contributed by atoms with Gasteiger partial charge in [-0.25, -0.2) is 8.42 Å². The first-order valence-electron chi connectivity index (χ1n) is 10.6. The molecule has 3 aromatic carbocycles. The fraction of sp³-hybridized carbons (Fsp3) is 0.200. The highest BCUT2D eigenvalue weighted by atomic mass is 32.2. The van der Waals surface area contributed by atoms with Crippen molar-refractivity contribution < 1.29 is 13.2 Å². The second-order valence-electron chi connectivity index (χ2n) is 7.73. The molecule has 0 spiro atoms. The summed E-state index contributed by atoms with van der Waals surface area (Å²) in [4.78, 5) is 20.0. The Morgan fingerprint density at radius 2 is 1.67 bits per heavy atom. The third kappa shape index (κ3) is 5.83. The van der Waals surface area contributed by atoms with E-state index in [-0.39, 0.29) is 16.5 Å². The van der Waals surface area contributed by atoms with Crippen LogP contribution in [0.2, 0.25) is 0 Å². The van der Waals surface area contributed by atoms with E-state index in [4.69, 9.17) is 0 Å². The number of rotatable bonds is 8. The molecule has 0 bridgehead atoms. The molecule has 170 valence electrons. The quantitative estimate of drug-likeness (QED) is 0.513. The van der Waals surface area contributed by atoms with Gasteiger partial charge in [-0.2, -0.15) is 0 Å². The van der Waals surface area contributed by atoms with Gasteiger partial charge in [0.15, 0.2) is 0 Å². The zero-order valence-corrected chi connectivity index (χ0v) is 19.9. The lowest BCUT2D eigenvalue weighted by Gasteiger charge is -2.24. The van der Waals surface area contributed by atoms with Crippen LogP contribution < -0.4 is 4.72 Å². The Kier molecular flexibility index (Phi) is 7.15. The molecule has 0 atom stereocenters. The van der Waals surface area contributed by atoms with Gasteiger partial charge in [-0.1, -0.05) is 60.2 Å². The SMILES string of the molecule is Cc1ccc(S(=O)(=O)Nc2ccccc2C(=O)N(CC2=NCCS2)Cc2ccccc2)cc1. The second-order valence-corrected chi connectivity index (χ2v) is 10.6. The first kappa shape index (κ1) is 23.1. The minimum Gasteiger partial charge on any atom is -0.328 e. The average Bonchev–Trinajstić information content (AvgIpc) is 3.32. The van der Waals surface area contributed by atoms with Crippen molar-refractivity contribution in [3.63, 3.8) is 0 Å². The molecule has 4 rings (SSSR count). The summed E-state index contributed by atoms with van der Waals surface area (Å²) >= 11 is 1.65. The van der Waals surface area contributed by atoms with Crippen LogP contribution >= 0.6 is 11.8 Å². The summed E-state index contributed by atoms with van der Waals surface area (Å²) in [5.41, 5.74) is 2.51. The zero-order valence-electron chi connectivity index (χ0n) is 18.3. The molecule has 0 radical (unpaired) electrons. The largest absolute Gasteiger partial charge is 0.328 e. The summed E-state index contributed by atoms with van der Waals surface area (Å²) < 4.78 is 28.5. The van der Waals surface area contributed by atoms with Gasteiger partial charge < -0.3 is 4.90 Å². The van der Waals surface area contributed by atoms with Gasteiger partial charge >= 0.3 is 0 Å². The van der Waals surface area contributed by atoms with Crippen molar-refractivity contribution in [2.75, 3.05) is 23.6 Å². The highest BCUT2D eigenvalue weighted by molar-refractivity contribution is 8.14. The number of carbonyl (C=O) groups is 1. The van der Waals surface area contributed by atoms with E-state index in [9.17, 15) is 13.2 Å². The Morgan fingerprint density at radius 3 is 2.36 bits per heavy atom. The van der Waals surface area contributed by atoms with Crippen molar-refractivity contribution >= 4 is 38.4 Å². The van der Waals surface area contributed by atoms with Crippen molar-refractivity contribution in [1.82, 2.24) is 4.90 Å². The van der Waals surface area contributed by atoms with Gasteiger partial charge in [-0.3, -0.25) is 14.5 Å². The highest BCUT2D eigenvalue weighted by Gasteiger charge is 2.24. The number of anilines is 1. The number of nitrogens with zero attached hydrogens (tertiary/aromatic N) is 2. The maximum absolute atomic E-state index is 13.7. The topological polar surface area (TPSA) is 78.8 Å². The third-order valence-corrected chi connectivity index (χ3v) is 7.57. The first-order valence-corrected chi connectivity index (χ1v) is 13.1. The first-order chi connectivity index (χ1) is 15.9. The molecule has 0 aliphatic carbocycles. The van der Waals surface area contributed by atoms with E-state index in [1.54, 1.807) is 65.2 Å². The molecule has 0 aromatic heterocycles. The van der Waals surface area contributed by atoms with Gasteiger partial charge in [0.25, 0.3) is 15.9 Å². The Bertz CT molecular complexity index is 1260. The Hall–Kier alpha value is -3.10. The van der Waals surface area contributed by atoms with Gasteiger partial charge in [0.1, 0.15) is 0 Å². The van der Waals surface area contributed by atoms with Crippen LogP contribution in [0.15, 0.2) is 88.8 Å². The standard InChI is InChI=1S/C25H25N3O3S2/c1-19-11-13-21(14-12-19)33(30,31)27-23-10-6-5-9-22(23)25(29)28(18-24-26-15-16-32-24)17-20-7-3-2-4-8-20/h2-14,27H,15-18H2,1H3. The summed E-state index contributed by atoms with van der Waals surface area (Å²) in [6, 6.07) is 23.0. The van der Waals surface area contributed by atoms with Crippen LogP contribution in [0.25, 0.3) is 0 Å². The fourth-order valence-corrected chi connectivity index (χ4v) is 5.42. The number of hydrogen-bond donors (Lipinski definition) is 1. The number of amides is 1. The monoisotopic (exact) mass is 479 g/mol. The lowest BCUT2D eigenvalue weighted by molar-refractivity contribution is 0.0770. The van der Waals surface area contributed by atoms with Crippen molar-refractivity contribution in [2.45, 2.75) is 18.4 Å². The van der Waals surface area contributed by atoms with E-state index >= 15 is 0 Å². The van der Waals surface area contributed by atoms with Crippen LogP contribution in [-0.4, -0.2) is 43.1 Å². The van der Waals surface area contributed by atoms with Crippen LogP contribution in [0.3, 0.4) is 0 Å². The molecule has 1 heterocycles. The number of thioether (sulfide) groups is 1. The molecule has 0 saturated carbocycles. The predicted molar refractivity (Wildman–Crippen MR) is 134 cm³/mol. The molecular formula is C25H25N3O3S2. The maximum atomic E-state index is 13.7. The molecule has 0 saturated heterocycles. The van der Waals surface area contributed by atoms with Gasteiger partial charge in [-0.05, 0) is 36.8 Å². The van der Waals surface area contributed by atoms with Crippen LogP contribution in [0.5, 0.6) is 0 Å². The number of sulfonamides is 1. The number of para-hydroxylation sites is 1. The lowest BCUT2D eigenvalue weighted by Crippen LogP contribution is -2.35. The summed E-state index contributed by atoms with van der Waals surface area (Å²) in [5.74, 6) is 0.659. The van der Waals surface area contributed by atoms with E-state index in [1.165, 1.54) is 0 Å². The van der Waals surface area contributed by atoms with Gasteiger partial charge in [0.2, 0.25) is 0 Å². The molecule has 33 heavy (non-hydrogen) atoms. The summed E-state index contributed by atoms with van der Waals surface area (Å²) in [6.45, 7) is 3.43. The lowest BCUT2D eigenvalue weighted by atomic mass is 10.1. The highest BCUT2D eigenvalue weighted by Crippen LogP contribution is 2.24. The predicted octanol–water partition coefficient (Wildman–Crippen LogP) is 4.58. The van der Waals surface area contributed by atoms with Crippen LogP contribution in [0, 0.1) is 6.92 Å². The molecule has 1 amide bonds.